The standard InChI is InChI=1S/C17H15N3O/c1-2-21-17(13-12-14-8-4-3-5-9-14)20-16-11-7-6-10-15(16)18-19-20/h3-11,17H,2H2,1H3. The molecular formula is C17H15N3O. The minimum Gasteiger partial charge on any atom is -0.346 e. The van der Waals surface area contributed by atoms with Gasteiger partial charge in [0.25, 0.3) is 0 Å². The number of nitrogens with zero attached hydrogens (tertiary/aromatic N) is 3. The second-order valence-corrected chi connectivity index (χ2v) is 4.47. The fraction of sp³-hybridized carbons (Fsp3) is 0.176. The topological polar surface area (TPSA) is 39.9 Å². The van der Waals surface area contributed by atoms with Crippen LogP contribution in [0.3, 0.4) is 0 Å². The van der Waals surface area contributed by atoms with Gasteiger partial charge in [0.15, 0.2) is 0 Å². The summed E-state index contributed by atoms with van der Waals surface area (Å²) in [6.07, 6.45) is -0.442. The van der Waals surface area contributed by atoms with E-state index in [2.05, 4.69) is 22.2 Å². The van der Waals surface area contributed by atoms with Crippen LogP contribution >= 0.6 is 0 Å². The van der Waals surface area contributed by atoms with Gasteiger partial charge in [-0.05, 0) is 37.1 Å². The molecule has 0 amide bonds. The van der Waals surface area contributed by atoms with Gasteiger partial charge in [-0.25, -0.2) is 4.68 Å². The van der Waals surface area contributed by atoms with E-state index in [9.17, 15) is 0 Å². The maximum Gasteiger partial charge on any atom is 0.215 e. The van der Waals surface area contributed by atoms with Crippen molar-refractivity contribution in [1.82, 2.24) is 15.0 Å². The molecule has 0 saturated carbocycles. The molecule has 0 spiro atoms. The highest BCUT2D eigenvalue weighted by Crippen LogP contribution is 2.16. The van der Waals surface area contributed by atoms with Crippen LogP contribution in [0.1, 0.15) is 18.7 Å². The lowest BCUT2D eigenvalue weighted by Crippen LogP contribution is -2.12. The number of ether oxygens (including phenoxy) is 1. The van der Waals surface area contributed by atoms with Crippen LogP contribution in [0.4, 0.5) is 0 Å². The van der Waals surface area contributed by atoms with Crippen molar-refractivity contribution in [2.24, 2.45) is 0 Å². The van der Waals surface area contributed by atoms with Crippen LogP contribution in [0.15, 0.2) is 54.6 Å². The van der Waals surface area contributed by atoms with Gasteiger partial charge >= 0.3 is 0 Å². The monoisotopic (exact) mass is 277 g/mol. The van der Waals surface area contributed by atoms with Gasteiger partial charge in [0.05, 0.1) is 5.52 Å². The Kier molecular flexibility index (Phi) is 3.95. The van der Waals surface area contributed by atoms with E-state index in [1.807, 2.05) is 61.5 Å². The Morgan fingerprint density at radius 1 is 1.10 bits per heavy atom. The molecule has 0 N–H and O–H groups in total. The molecule has 3 aromatic rings. The number of benzene rings is 2. The second kappa shape index (κ2) is 6.21. The summed E-state index contributed by atoms with van der Waals surface area (Å²) in [5.74, 6) is 6.24. The first kappa shape index (κ1) is 13.3. The van der Waals surface area contributed by atoms with Crippen molar-refractivity contribution in [3.05, 3.63) is 60.2 Å². The molecule has 1 heterocycles. The highest BCUT2D eigenvalue weighted by Gasteiger charge is 2.12. The first-order valence-corrected chi connectivity index (χ1v) is 6.86. The van der Waals surface area contributed by atoms with Crippen LogP contribution in [0.25, 0.3) is 11.0 Å². The number of hydrogen-bond acceptors (Lipinski definition) is 3. The van der Waals surface area contributed by atoms with Crippen molar-refractivity contribution in [1.29, 1.82) is 0 Å². The van der Waals surface area contributed by atoms with Crippen LogP contribution in [-0.2, 0) is 4.74 Å². The van der Waals surface area contributed by atoms with Crippen LogP contribution in [0, 0.1) is 11.8 Å². The second-order valence-electron chi connectivity index (χ2n) is 4.47. The van der Waals surface area contributed by atoms with Gasteiger partial charge in [-0.1, -0.05) is 41.5 Å². The average molecular weight is 277 g/mol. The minimum atomic E-state index is -0.442. The molecule has 0 aliphatic rings. The lowest BCUT2D eigenvalue weighted by atomic mass is 10.2. The summed E-state index contributed by atoms with van der Waals surface area (Å²) in [4.78, 5) is 0. The van der Waals surface area contributed by atoms with Gasteiger partial charge in [-0.2, -0.15) is 0 Å². The van der Waals surface area contributed by atoms with Crippen LogP contribution in [0.2, 0.25) is 0 Å². The SMILES string of the molecule is CCOC(C#Cc1ccccc1)n1nnc2ccccc21. The Hall–Kier alpha value is -2.64. The average Bonchev–Trinajstić information content (AvgIpc) is 2.96. The zero-order chi connectivity index (χ0) is 14.5. The minimum absolute atomic E-state index is 0.442. The summed E-state index contributed by atoms with van der Waals surface area (Å²) in [5.41, 5.74) is 2.70. The molecular weight excluding hydrogens is 262 g/mol. The number of rotatable bonds is 3. The lowest BCUT2D eigenvalue weighted by molar-refractivity contribution is 0.0471. The molecule has 0 aliphatic heterocycles. The van der Waals surface area contributed by atoms with E-state index in [1.165, 1.54) is 0 Å². The Morgan fingerprint density at radius 2 is 1.86 bits per heavy atom. The Morgan fingerprint density at radius 3 is 2.67 bits per heavy atom. The van der Waals surface area contributed by atoms with Gasteiger partial charge < -0.3 is 4.74 Å². The van der Waals surface area contributed by atoms with E-state index in [4.69, 9.17) is 4.74 Å². The highest BCUT2D eigenvalue weighted by molar-refractivity contribution is 5.74. The number of para-hydroxylation sites is 1. The molecule has 104 valence electrons. The quantitative estimate of drug-likeness (QED) is 0.691. The van der Waals surface area contributed by atoms with Crippen LogP contribution in [0.5, 0.6) is 0 Å². The molecule has 4 nitrogen and oxygen atoms in total. The fourth-order valence-electron chi connectivity index (χ4n) is 2.06. The highest BCUT2D eigenvalue weighted by atomic mass is 16.5. The summed E-state index contributed by atoms with van der Waals surface area (Å²) in [6, 6.07) is 17.6. The molecule has 1 atom stereocenters. The zero-order valence-corrected chi connectivity index (χ0v) is 11.7. The van der Waals surface area contributed by atoms with Gasteiger partial charge in [0.1, 0.15) is 5.52 Å². The van der Waals surface area contributed by atoms with E-state index >= 15 is 0 Å². The molecule has 21 heavy (non-hydrogen) atoms. The molecule has 3 rings (SSSR count). The number of aromatic nitrogens is 3. The summed E-state index contributed by atoms with van der Waals surface area (Å²) < 4.78 is 7.42. The number of fused-ring (bicyclic) bond motifs is 1. The van der Waals surface area contributed by atoms with Crippen molar-refractivity contribution in [3.63, 3.8) is 0 Å². The third-order valence-corrected chi connectivity index (χ3v) is 3.04. The predicted octanol–water partition coefficient (Wildman–Crippen LogP) is 3.02. The molecule has 1 unspecified atom stereocenters. The Labute approximate surface area is 123 Å². The molecule has 0 bridgehead atoms. The maximum atomic E-state index is 5.70. The summed E-state index contributed by atoms with van der Waals surface area (Å²) in [5, 5.41) is 8.31. The van der Waals surface area contributed by atoms with Crippen molar-refractivity contribution >= 4 is 11.0 Å². The third-order valence-electron chi connectivity index (χ3n) is 3.04. The molecule has 0 aliphatic carbocycles. The lowest BCUT2D eigenvalue weighted by Gasteiger charge is -2.11. The summed E-state index contributed by atoms with van der Waals surface area (Å²) in [6.45, 7) is 2.50. The van der Waals surface area contributed by atoms with E-state index in [0.29, 0.717) is 6.61 Å². The largest absolute Gasteiger partial charge is 0.346 e. The zero-order valence-electron chi connectivity index (χ0n) is 11.7. The summed E-state index contributed by atoms with van der Waals surface area (Å²) >= 11 is 0. The summed E-state index contributed by atoms with van der Waals surface area (Å²) in [7, 11) is 0. The molecule has 2 aromatic carbocycles. The van der Waals surface area contributed by atoms with Crippen LogP contribution < -0.4 is 0 Å². The molecule has 0 fully saturated rings. The smallest absolute Gasteiger partial charge is 0.215 e. The van der Waals surface area contributed by atoms with Gasteiger partial charge in [0, 0.05) is 12.2 Å². The van der Waals surface area contributed by atoms with Crippen molar-refractivity contribution < 1.29 is 4.74 Å². The third kappa shape index (κ3) is 2.93. The Balaban J connectivity index is 1.97. The van der Waals surface area contributed by atoms with E-state index < -0.39 is 6.23 Å². The van der Waals surface area contributed by atoms with Gasteiger partial charge in [0.2, 0.25) is 6.23 Å². The van der Waals surface area contributed by atoms with E-state index in [-0.39, 0.29) is 0 Å². The molecule has 0 saturated heterocycles. The van der Waals surface area contributed by atoms with E-state index in [1.54, 1.807) is 4.68 Å². The predicted molar refractivity (Wildman–Crippen MR) is 81.5 cm³/mol. The molecule has 0 radical (unpaired) electrons. The van der Waals surface area contributed by atoms with Crippen molar-refractivity contribution in [2.45, 2.75) is 13.2 Å². The molecule has 4 heteroatoms. The van der Waals surface area contributed by atoms with Crippen molar-refractivity contribution in [3.8, 4) is 11.8 Å². The first-order valence-electron chi connectivity index (χ1n) is 6.86. The Bertz CT molecular complexity index is 784. The van der Waals surface area contributed by atoms with Gasteiger partial charge in [-0.3, -0.25) is 0 Å². The molecule has 1 aromatic heterocycles. The maximum absolute atomic E-state index is 5.70. The van der Waals surface area contributed by atoms with E-state index in [0.717, 1.165) is 16.6 Å². The van der Waals surface area contributed by atoms with Gasteiger partial charge in [-0.15, -0.1) is 5.10 Å². The fourth-order valence-corrected chi connectivity index (χ4v) is 2.06. The normalized spacial score (nSPS) is 11.9. The first-order chi connectivity index (χ1) is 10.4. The van der Waals surface area contributed by atoms with Crippen LogP contribution in [-0.4, -0.2) is 21.6 Å². The number of hydrogen-bond donors (Lipinski definition) is 0. The van der Waals surface area contributed by atoms with Crippen molar-refractivity contribution in [2.75, 3.05) is 6.61 Å².